The number of aromatic nitrogens is 2. The lowest BCUT2D eigenvalue weighted by molar-refractivity contribution is -0.136. The third-order valence-electron chi connectivity index (χ3n) is 4.31. The van der Waals surface area contributed by atoms with Crippen LogP contribution in [0.1, 0.15) is 16.1 Å². The molecule has 2 amide bonds. The topological polar surface area (TPSA) is 122 Å². The predicted octanol–water partition coefficient (Wildman–Crippen LogP) is 0.287. The van der Waals surface area contributed by atoms with Gasteiger partial charge in [-0.1, -0.05) is 36.1 Å². The number of hydrogen-bond donors (Lipinski definition) is 3. The van der Waals surface area contributed by atoms with E-state index >= 15 is 0 Å². The quantitative estimate of drug-likeness (QED) is 0.539. The minimum atomic E-state index is -1.50. The molecule has 0 saturated heterocycles. The summed E-state index contributed by atoms with van der Waals surface area (Å²) in [6.07, 6.45) is -1.50. The number of fused-ring (bicyclic) bond motifs is 1. The highest BCUT2D eigenvalue weighted by Crippen LogP contribution is 2.22. The SMILES string of the molecule is CN(CCO)C(=O)[C@@H](O)C#Cc1cccc(-n2nc(C(N)=O)c3ccccc32)c1. The van der Waals surface area contributed by atoms with Crippen LogP contribution in [-0.4, -0.2) is 63.0 Å². The molecule has 0 aliphatic heterocycles. The number of aliphatic hydroxyl groups is 2. The van der Waals surface area contributed by atoms with Crippen LogP contribution in [0.15, 0.2) is 48.5 Å². The Hall–Kier alpha value is -3.67. The van der Waals surface area contributed by atoms with Crippen molar-refractivity contribution >= 4 is 22.7 Å². The van der Waals surface area contributed by atoms with Crippen molar-refractivity contribution in [1.82, 2.24) is 14.7 Å². The van der Waals surface area contributed by atoms with Crippen LogP contribution in [0.2, 0.25) is 0 Å². The molecular weight excluding hydrogens is 372 g/mol. The molecule has 0 aliphatic rings. The van der Waals surface area contributed by atoms with E-state index in [9.17, 15) is 14.7 Å². The number of amides is 2. The van der Waals surface area contributed by atoms with Crippen LogP contribution in [-0.2, 0) is 4.79 Å². The van der Waals surface area contributed by atoms with Gasteiger partial charge < -0.3 is 20.8 Å². The fraction of sp³-hybridized carbons (Fsp3) is 0.190. The van der Waals surface area contributed by atoms with Gasteiger partial charge in [-0.25, -0.2) is 4.68 Å². The molecule has 1 heterocycles. The first-order valence-corrected chi connectivity index (χ1v) is 8.86. The van der Waals surface area contributed by atoms with Crippen LogP contribution in [0.4, 0.5) is 0 Å². The summed E-state index contributed by atoms with van der Waals surface area (Å²) in [7, 11) is 1.48. The summed E-state index contributed by atoms with van der Waals surface area (Å²) < 4.78 is 1.59. The van der Waals surface area contributed by atoms with Gasteiger partial charge in [0.15, 0.2) is 11.8 Å². The average molecular weight is 392 g/mol. The Morgan fingerprint density at radius 3 is 2.72 bits per heavy atom. The zero-order chi connectivity index (χ0) is 21.0. The molecule has 8 heteroatoms. The molecule has 0 saturated carbocycles. The van der Waals surface area contributed by atoms with Gasteiger partial charge in [-0.3, -0.25) is 9.59 Å². The minimum Gasteiger partial charge on any atom is -0.395 e. The lowest BCUT2D eigenvalue weighted by Crippen LogP contribution is -2.37. The highest BCUT2D eigenvalue weighted by molar-refractivity contribution is 6.04. The Morgan fingerprint density at radius 2 is 2.00 bits per heavy atom. The number of likely N-dealkylation sites (N-methyl/N-ethyl adjacent to an activating group) is 1. The van der Waals surface area contributed by atoms with Crippen molar-refractivity contribution < 1.29 is 19.8 Å². The van der Waals surface area contributed by atoms with E-state index < -0.39 is 17.9 Å². The smallest absolute Gasteiger partial charge is 0.269 e. The van der Waals surface area contributed by atoms with Crippen molar-refractivity contribution in [2.24, 2.45) is 5.73 Å². The van der Waals surface area contributed by atoms with Gasteiger partial charge >= 0.3 is 0 Å². The number of carbonyl (C=O) groups is 2. The number of para-hydroxylation sites is 1. The summed E-state index contributed by atoms with van der Waals surface area (Å²) in [4.78, 5) is 24.9. The lowest BCUT2D eigenvalue weighted by atomic mass is 10.1. The Bertz CT molecular complexity index is 1130. The van der Waals surface area contributed by atoms with Crippen LogP contribution in [0.5, 0.6) is 0 Å². The van der Waals surface area contributed by atoms with Gasteiger partial charge in [-0.15, -0.1) is 0 Å². The Kier molecular flexibility index (Phi) is 5.93. The van der Waals surface area contributed by atoms with Crippen LogP contribution in [0, 0.1) is 11.8 Å². The van der Waals surface area contributed by atoms with Gasteiger partial charge in [0, 0.05) is 24.5 Å². The Balaban J connectivity index is 1.93. The van der Waals surface area contributed by atoms with Crippen LogP contribution in [0.25, 0.3) is 16.6 Å². The van der Waals surface area contributed by atoms with Gasteiger partial charge in [-0.2, -0.15) is 5.10 Å². The van der Waals surface area contributed by atoms with E-state index in [1.165, 1.54) is 11.9 Å². The van der Waals surface area contributed by atoms with Gasteiger partial charge in [0.25, 0.3) is 11.8 Å². The number of benzene rings is 2. The summed E-state index contributed by atoms with van der Waals surface area (Å²) in [5, 5.41) is 23.8. The second-order valence-corrected chi connectivity index (χ2v) is 6.35. The molecular formula is C21H20N4O4. The number of carbonyl (C=O) groups excluding carboxylic acids is 2. The normalized spacial score (nSPS) is 11.6. The van der Waals surface area contributed by atoms with E-state index in [-0.39, 0.29) is 18.8 Å². The molecule has 1 atom stereocenters. The molecule has 29 heavy (non-hydrogen) atoms. The average Bonchev–Trinajstić information content (AvgIpc) is 3.12. The maximum atomic E-state index is 12.0. The zero-order valence-electron chi connectivity index (χ0n) is 15.7. The molecule has 3 aromatic rings. The molecule has 0 aliphatic carbocycles. The molecule has 2 aromatic carbocycles. The Labute approximate surface area is 167 Å². The van der Waals surface area contributed by atoms with Crippen molar-refractivity contribution in [3.8, 4) is 17.5 Å². The zero-order valence-corrected chi connectivity index (χ0v) is 15.7. The first-order valence-electron chi connectivity index (χ1n) is 8.86. The van der Waals surface area contributed by atoms with E-state index in [0.717, 1.165) is 0 Å². The van der Waals surface area contributed by atoms with Gasteiger partial charge in [0.05, 0.1) is 17.8 Å². The van der Waals surface area contributed by atoms with Gasteiger partial charge in [-0.05, 0) is 24.3 Å². The third kappa shape index (κ3) is 4.27. The molecule has 148 valence electrons. The largest absolute Gasteiger partial charge is 0.395 e. The standard InChI is InChI=1S/C21H20N4O4/c1-24(11-12-26)21(29)18(27)10-9-14-5-4-6-15(13-14)25-17-8-3-2-7-16(17)19(23-25)20(22)28/h2-8,13,18,26-27H,11-12H2,1H3,(H2,22,28)/t18-/m0/s1. The molecule has 0 spiro atoms. The van der Waals surface area contributed by atoms with Crippen LogP contribution < -0.4 is 5.73 Å². The maximum absolute atomic E-state index is 12.0. The van der Waals surface area contributed by atoms with Crippen molar-refractivity contribution in [1.29, 1.82) is 0 Å². The summed E-state index contributed by atoms with van der Waals surface area (Å²) >= 11 is 0. The molecule has 0 radical (unpaired) electrons. The fourth-order valence-electron chi connectivity index (χ4n) is 2.84. The molecule has 4 N–H and O–H groups in total. The second kappa shape index (κ2) is 8.56. The number of rotatable bonds is 5. The third-order valence-corrected chi connectivity index (χ3v) is 4.31. The molecule has 0 bridgehead atoms. The number of primary amides is 1. The molecule has 0 unspecified atom stereocenters. The van der Waals surface area contributed by atoms with Crippen molar-refractivity contribution in [2.75, 3.05) is 20.2 Å². The molecule has 8 nitrogen and oxygen atoms in total. The highest BCUT2D eigenvalue weighted by atomic mass is 16.3. The Morgan fingerprint density at radius 1 is 1.24 bits per heavy atom. The number of aliphatic hydroxyl groups excluding tert-OH is 2. The highest BCUT2D eigenvalue weighted by Gasteiger charge is 2.17. The van der Waals surface area contributed by atoms with E-state index in [0.29, 0.717) is 22.2 Å². The van der Waals surface area contributed by atoms with Crippen molar-refractivity contribution in [3.63, 3.8) is 0 Å². The minimum absolute atomic E-state index is 0.113. The second-order valence-electron chi connectivity index (χ2n) is 6.35. The molecule has 1 aromatic heterocycles. The van der Waals surface area contributed by atoms with E-state index in [1.54, 1.807) is 41.1 Å². The first-order chi connectivity index (χ1) is 13.9. The summed E-state index contributed by atoms with van der Waals surface area (Å²) in [6, 6.07) is 14.2. The van der Waals surface area contributed by atoms with Crippen LogP contribution in [0.3, 0.4) is 0 Å². The first kappa shape index (κ1) is 20.1. The van der Waals surface area contributed by atoms with Gasteiger partial charge in [0.2, 0.25) is 0 Å². The van der Waals surface area contributed by atoms with Crippen LogP contribution >= 0.6 is 0 Å². The summed E-state index contributed by atoms with van der Waals surface area (Å²) in [6.45, 7) is -0.0861. The number of nitrogens with two attached hydrogens (primary N) is 1. The van der Waals surface area contributed by atoms with Crippen molar-refractivity contribution in [3.05, 3.63) is 59.8 Å². The maximum Gasteiger partial charge on any atom is 0.269 e. The number of hydrogen-bond acceptors (Lipinski definition) is 5. The molecule has 3 rings (SSSR count). The van der Waals surface area contributed by atoms with Gasteiger partial charge in [0.1, 0.15) is 0 Å². The predicted molar refractivity (Wildman–Crippen MR) is 107 cm³/mol. The molecule has 0 fully saturated rings. The lowest BCUT2D eigenvalue weighted by Gasteiger charge is -2.16. The fourth-order valence-corrected chi connectivity index (χ4v) is 2.84. The van der Waals surface area contributed by atoms with E-state index in [2.05, 4.69) is 16.9 Å². The van der Waals surface area contributed by atoms with Crippen molar-refractivity contribution in [2.45, 2.75) is 6.10 Å². The van der Waals surface area contributed by atoms with E-state index in [1.807, 2.05) is 12.1 Å². The number of nitrogens with zero attached hydrogens (tertiary/aromatic N) is 3. The summed E-state index contributed by atoms with van der Waals surface area (Å²) in [5.74, 6) is 4.06. The summed E-state index contributed by atoms with van der Waals surface area (Å²) in [5.41, 5.74) is 7.53. The van der Waals surface area contributed by atoms with E-state index in [4.69, 9.17) is 10.8 Å². The monoisotopic (exact) mass is 392 g/mol.